The molecule has 0 heterocycles. The molecule has 1 N–H and O–H groups in total. The van der Waals surface area contributed by atoms with E-state index in [-0.39, 0.29) is 0 Å². The van der Waals surface area contributed by atoms with Crippen LogP contribution in [0.25, 0.3) is 0 Å². The molecule has 0 amide bonds. The van der Waals surface area contributed by atoms with Crippen molar-refractivity contribution in [3.05, 3.63) is 35.9 Å². The number of hydrogen-bond acceptors (Lipinski definition) is 1. The average molecular weight is 229 g/mol. The van der Waals surface area contributed by atoms with Crippen LogP contribution in [0.15, 0.2) is 30.3 Å². The first-order chi connectivity index (χ1) is 8.34. The van der Waals surface area contributed by atoms with E-state index in [9.17, 15) is 0 Å². The van der Waals surface area contributed by atoms with E-state index in [4.69, 9.17) is 0 Å². The van der Waals surface area contributed by atoms with Gasteiger partial charge in [0.1, 0.15) is 0 Å². The molecule has 0 spiro atoms. The molecular weight excluding hydrogens is 206 g/mol. The van der Waals surface area contributed by atoms with Crippen LogP contribution in [0, 0.1) is 11.8 Å². The van der Waals surface area contributed by atoms with E-state index in [1.807, 2.05) is 0 Å². The molecule has 2 aliphatic carbocycles. The van der Waals surface area contributed by atoms with Crippen molar-refractivity contribution in [1.29, 1.82) is 0 Å². The SMILES string of the molecule is CC1CCCC1NC(c1ccccc1)C1CC1. The largest absolute Gasteiger partial charge is 0.307 e. The average Bonchev–Trinajstić information content (AvgIpc) is 3.12. The van der Waals surface area contributed by atoms with Gasteiger partial charge in [0.25, 0.3) is 0 Å². The van der Waals surface area contributed by atoms with Crippen molar-refractivity contribution >= 4 is 0 Å². The molecule has 2 saturated carbocycles. The van der Waals surface area contributed by atoms with E-state index in [0.717, 1.165) is 17.9 Å². The van der Waals surface area contributed by atoms with Gasteiger partial charge >= 0.3 is 0 Å². The number of benzene rings is 1. The molecule has 3 atom stereocenters. The zero-order chi connectivity index (χ0) is 11.7. The fourth-order valence-electron chi connectivity index (χ4n) is 3.22. The van der Waals surface area contributed by atoms with Crippen molar-refractivity contribution in [2.45, 2.75) is 51.1 Å². The molecular formula is C16H23N. The Morgan fingerprint density at radius 3 is 2.41 bits per heavy atom. The van der Waals surface area contributed by atoms with E-state index in [1.54, 1.807) is 0 Å². The second-order valence-electron chi connectivity index (χ2n) is 5.91. The minimum absolute atomic E-state index is 0.613. The summed E-state index contributed by atoms with van der Waals surface area (Å²) in [5, 5.41) is 3.94. The predicted octanol–water partition coefficient (Wildman–Crippen LogP) is 3.92. The molecule has 0 radical (unpaired) electrons. The Labute approximate surface area is 105 Å². The zero-order valence-corrected chi connectivity index (χ0v) is 10.7. The maximum absolute atomic E-state index is 3.94. The highest BCUT2D eigenvalue weighted by molar-refractivity contribution is 5.21. The molecule has 1 heteroatoms. The molecule has 0 bridgehead atoms. The first-order valence-electron chi connectivity index (χ1n) is 7.15. The maximum atomic E-state index is 3.94. The van der Waals surface area contributed by atoms with Crippen molar-refractivity contribution in [3.8, 4) is 0 Å². The first kappa shape index (κ1) is 11.3. The van der Waals surface area contributed by atoms with Gasteiger partial charge in [0.15, 0.2) is 0 Å². The van der Waals surface area contributed by atoms with Crippen molar-refractivity contribution in [3.63, 3.8) is 0 Å². The molecule has 17 heavy (non-hydrogen) atoms. The van der Waals surface area contributed by atoms with Gasteiger partial charge < -0.3 is 5.32 Å². The standard InChI is InChI=1S/C16H23N/c1-12-6-5-9-15(12)17-16(14-10-11-14)13-7-3-2-4-8-13/h2-4,7-8,12,14-17H,5-6,9-11H2,1H3. The summed E-state index contributed by atoms with van der Waals surface area (Å²) in [5.41, 5.74) is 1.49. The van der Waals surface area contributed by atoms with Crippen LogP contribution >= 0.6 is 0 Å². The molecule has 3 rings (SSSR count). The second kappa shape index (κ2) is 4.81. The molecule has 1 aromatic carbocycles. The normalized spacial score (nSPS) is 30.4. The molecule has 92 valence electrons. The molecule has 1 aromatic rings. The molecule has 2 fully saturated rings. The smallest absolute Gasteiger partial charge is 0.0351 e. The van der Waals surface area contributed by atoms with Crippen LogP contribution in [-0.4, -0.2) is 6.04 Å². The van der Waals surface area contributed by atoms with Crippen LogP contribution in [0.4, 0.5) is 0 Å². The Morgan fingerprint density at radius 2 is 1.82 bits per heavy atom. The Balaban J connectivity index is 1.72. The summed E-state index contributed by atoms with van der Waals surface area (Å²) in [7, 11) is 0. The van der Waals surface area contributed by atoms with Crippen LogP contribution in [0.5, 0.6) is 0 Å². The van der Waals surface area contributed by atoms with Crippen LogP contribution in [-0.2, 0) is 0 Å². The van der Waals surface area contributed by atoms with E-state index in [1.165, 1.54) is 37.7 Å². The van der Waals surface area contributed by atoms with Gasteiger partial charge in [-0.1, -0.05) is 43.7 Å². The van der Waals surface area contributed by atoms with Gasteiger partial charge in [0.05, 0.1) is 0 Å². The summed E-state index contributed by atoms with van der Waals surface area (Å²) in [4.78, 5) is 0. The highest BCUT2D eigenvalue weighted by atomic mass is 15.0. The summed E-state index contributed by atoms with van der Waals surface area (Å²) in [6.07, 6.45) is 7.01. The summed E-state index contributed by atoms with van der Waals surface area (Å²) < 4.78 is 0. The summed E-state index contributed by atoms with van der Waals surface area (Å²) in [6.45, 7) is 2.40. The first-order valence-corrected chi connectivity index (χ1v) is 7.15. The van der Waals surface area contributed by atoms with Gasteiger partial charge in [-0.15, -0.1) is 0 Å². The van der Waals surface area contributed by atoms with Crippen molar-refractivity contribution < 1.29 is 0 Å². The third-order valence-electron chi connectivity index (χ3n) is 4.51. The van der Waals surface area contributed by atoms with Crippen molar-refractivity contribution in [2.24, 2.45) is 11.8 Å². The van der Waals surface area contributed by atoms with Crippen LogP contribution in [0.2, 0.25) is 0 Å². The molecule has 3 unspecified atom stereocenters. The highest BCUT2D eigenvalue weighted by Crippen LogP contribution is 2.42. The number of rotatable bonds is 4. The third-order valence-corrected chi connectivity index (χ3v) is 4.51. The lowest BCUT2D eigenvalue weighted by Gasteiger charge is -2.26. The van der Waals surface area contributed by atoms with E-state index in [2.05, 4.69) is 42.6 Å². The number of nitrogens with one attached hydrogen (secondary N) is 1. The fraction of sp³-hybridized carbons (Fsp3) is 0.625. The summed E-state index contributed by atoms with van der Waals surface area (Å²) in [5.74, 6) is 1.75. The molecule has 0 aromatic heterocycles. The van der Waals surface area contributed by atoms with Crippen molar-refractivity contribution in [2.75, 3.05) is 0 Å². The molecule has 2 aliphatic rings. The molecule has 0 aliphatic heterocycles. The zero-order valence-electron chi connectivity index (χ0n) is 10.7. The monoisotopic (exact) mass is 229 g/mol. The van der Waals surface area contributed by atoms with Gasteiger partial charge in [0, 0.05) is 12.1 Å². The maximum Gasteiger partial charge on any atom is 0.0351 e. The van der Waals surface area contributed by atoms with Crippen LogP contribution in [0.3, 0.4) is 0 Å². The Kier molecular flexibility index (Phi) is 3.19. The highest BCUT2D eigenvalue weighted by Gasteiger charge is 2.35. The lowest BCUT2D eigenvalue weighted by Crippen LogP contribution is -2.35. The summed E-state index contributed by atoms with van der Waals surface area (Å²) in [6, 6.07) is 12.4. The van der Waals surface area contributed by atoms with Gasteiger partial charge in [-0.25, -0.2) is 0 Å². The topological polar surface area (TPSA) is 12.0 Å². The van der Waals surface area contributed by atoms with Gasteiger partial charge in [-0.3, -0.25) is 0 Å². The van der Waals surface area contributed by atoms with Crippen molar-refractivity contribution in [1.82, 2.24) is 5.32 Å². The second-order valence-corrected chi connectivity index (χ2v) is 5.91. The Hall–Kier alpha value is -0.820. The summed E-state index contributed by atoms with van der Waals surface area (Å²) >= 11 is 0. The predicted molar refractivity (Wildman–Crippen MR) is 71.8 cm³/mol. The van der Waals surface area contributed by atoms with E-state index < -0.39 is 0 Å². The van der Waals surface area contributed by atoms with Gasteiger partial charge in [0.2, 0.25) is 0 Å². The minimum Gasteiger partial charge on any atom is -0.307 e. The molecule has 0 saturated heterocycles. The van der Waals surface area contributed by atoms with Crippen LogP contribution < -0.4 is 5.32 Å². The fourth-order valence-corrected chi connectivity index (χ4v) is 3.22. The molecule has 1 nitrogen and oxygen atoms in total. The Morgan fingerprint density at radius 1 is 1.06 bits per heavy atom. The number of hydrogen-bond donors (Lipinski definition) is 1. The third kappa shape index (κ3) is 2.55. The quantitative estimate of drug-likeness (QED) is 0.825. The van der Waals surface area contributed by atoms with E-state index >= 15 is 0 Å². The van der Waals surface area contributed by atoms with Gasteiger partial charge in [-0.05, 0) is 43.1 Å². The minimum atomic E-state index is 0.613. The lowest BCUT2D eigenvalue weighted by atomic mass is 9.98. The Bertz CT molecular complexity index is 355. The lowest BCUT2D eigenvalue weighted by molar-refractivity contribution is 0.354. The van der Waals surface area contributed by atoms with E-state index in [0.29, 0.717) is 6.04 Å². The van der Waals surface area contributed by atoms with Gasteiger partial charge in [-0.2, -0.15) is 0 Å². The van der Waals surface area contributed by atoms with Crippen LogP contribution in [0.1, 0.15) is 50.6 Å².